The van der Waals surface area contributed by atoms with Gasteiger partial charge < -0.3 is 19.4 Å². The largest absolute Gasteiger partial charge is 0.485 e. The third-order valence-corrected chi connectivity index (χ3v) is 8.46. The van der Waals surface area contributed by atoms with E-state index in [0.29, 0.717) is 21.5 Å². The molecule has 8 nitrogen and oxygen atoms in total. The minimum absolute atomic E-state index is 0.146. The Morgan fingerprint density at radius 3 is 2.77 bits per heavy atom. The summed E-state index contributed by atoms with van der Waals surface area (Å²) in [6.07, 6.45) is 5.06. The van der Waals surface area contributed by atoms with Crippen LogP contribution in [0.1, 0.15) is 57.0 Å². The normalized spacial score (nSPS) is 13.1. The molecule has 3 aromatic rings. The molecule has 2 heterocycles. The van der Waals surface area contributed by atoms with E-state index < -0.39 is 5.97 Å². The molecule has 35 heavy (non-hydrogen) atoms. The Hall–Kier alpha value is -2.85. The van der Waals surface area contributed by atoms with Crippen LogP contribution in [-0.4, -0.2) is 39.5 Å². The molecular weight excluding hydrogens is 484 g/mol. The van der Waals surface area contributed by atoms with E-state index in [1.165, 1.54) is 40.6 Å². The number of rotatable bonds is 8. The van der Waals surface area contributed by atoms with Gasteiger partial charge >= 0.3 is 5.97 Å². The van der Waals surface area contributed by atoms with E-state index in [2.05, 4.69) is 15.5 Å². The Kier molecular flexibility index (Phi) is 8.12. The van der Waals surface area contributed by atoms with Crippen molar-refractivity contribution < 1.29 is 19.1 Å². The Morgan fingerprint density at radius 2 is 1.97 bits per heavy atom. The average molecular weight is 515 g/mol. The molecule has 1 aromatic carbocycles. The molecule has 0 atom stereocenters. The number of aromatic nitrogens is 3. The number of carbonyl (C=O) groups is 2. The summed E-state index contributed by atoms with van der Waals surface area (Å²) in [6.45, 7) is 4.35. The van der Waals surface area contributed by atoms with E-state index in [9.17, 15) is 9.59 Å². The molecule has 1 N–H and O–H groups in total. The number of thioether (sulfide) groups is 1. The number of hydrogen-bond acceptors (Lipinski definition) is 8. The number of methoxy groups -OCH3 is 1. The maximum atomic E-state index is 12.8. The molecule has 2 aromatic heterocycles. The van der Waals surface area contributed by atoms with Crippen molar-refractivity contribution in [2.45, 2.75) is 57.7 Å². The van der Waals surface area contributed by atoms with Gasteiger partial charge in [-0.1, -0.05) is 30.3 Å². The van der Waals surface area contributed by atoms with Gasteiger partial charge in [0, 0.05) is 11.9 Å². The predicted molar refractivity (Wildman–Crippen MR) is 138 cm³/mol. The fraction of sp³-hybridized carbons (Fsp3) is 0.440. The maximum Gasteiger partial charge on any atom is 0.341 e. The first-order chi connectivity index (χ1) is 16.9. The molecule has 0 bridgehead atoms. The second kappa shape index (κ2) is 11.3. The van der Waals surface area contributed by atoms with Crippen LogP contribution in [0.15, 0.2) is 23.4 Å². The summed E-state index contributed by atoms with van der Waals surface area (Å²) in [6, 6.07) is 5.95. The summed E-state index contributed by atoms with van der Waals surface area (Å²) < 4.78 is 12.8. The van der Waals surface area contributed by atoms with Crippen molar-refractivity contribution in [1.29, 1.82) is 0 Å². The molecule has 0 radical (unpaired) electrons. The second-order valence-electron chi connectivity index (χ2n) is 8.54. The molecule has 1 amide bonds. The number of benzene rings is 1. The molecule has 0 saturated carbocycles. The first-order valence-electron chi connectivity index (χ1n) is 11.6. The number of amides is 1. The average Bonchev–Trinajstić information content (AvgIpc) is 3.27. The number of thiophene rings is 1. The van der Waals surface area contributed by atoms with Crippen LogP contribution in [0.3, 0.4) is 0 Å². The Morgan fingerprint density at radius 1 is 1.17 bits per heavy atom. The lowest BCUT2D eigenvalue weighted by Crippen LogP contribution is -2.16. The lowest BCUT2D eigenvalue weighted by Gasteiger charge is -2.10. The summed E-state index contributed by atoms with van der Waals surface area (Å²) >= 11 is 2.78. The van der Waals surface area contributed by atoms with Gasteiger partial charge in [0.2, 0.25) is 5.91 Å². The van der Waals surface area contributed by atoms with E-state index in [0.717, 1.165) is 49.0 Å². The number of anilines is 1. The maximum absolute atomic E-state index is 12.8. The fourth-order valence-electron chi connectivity index (χ4n) is 4.06. The number of aryl methyl sites for hydroxylation is 2. The van der Waals surface area contributed by atoms with Crippen molar-refractivity contribution >= 4 is 40.0 Å². The highest BCUT2D eigenvalue weighted by atomic mass is 32.2. The Bertz CT molecular complexity index is 1230. The molecule has 0 saturated heterocycles. The van der Waals surface area contributed by atoms with Crippen molar-refractivity contribution in [3.05, 3.63) is 51.2 Å². The molecule has 0 fully saturated rings. The molecule has 1 aliphatic rings. The summed E-state index contributed by atoms with van der Waals surface area (Å²) in [5, 5.41) is 12.6. The monoisotopic (exact) mass is 514 g/mol. The molecule has 0 aliphatic heterocycles. The Balaban J connectivity index is 1.38. The third kappa shape index (κ3) is 5.70. The van der Waals surface area contributed by atoms with Gasteiger partial charge in [0.25, 0.3) is 0 Å². The lowest BCUT2D eigenvalue weighted by atomic mass is 10.1. The number of ether oxygens (including phenoxy) is 2. The van der Waals surface area contributed by atoms with Gasteiger partial charge in [0.1, 0.15) is 17.4 Å². The van der Waals surface area contributed by atoms with Crippen LogP contribution in [0, 0.1) is 13.8 Å². The van der Waals surface area contributed by atoms with Gasteiger partial charge in [-0.2, -0.15) is 0 Å². The van der Waals surface area contributed by atoms with Crippen LogP contribution in [0.5, 0.6) is 5.75 Å². The molecule has 1 aliphatic carbocycles. The van der Waals surface area contributed by atoms with Crippen molar-refractivity contribution in [1.82, 2.24) is 14.8 Å². The highest BCUT2D eigenvalue weighted by Gasteiger charge is 2.26. The van der Waals surface area contributed by atoms with E-state index in [1.54, 1.807) is 0 Å². The topological polar surface area (TPSA) is 95.3 Å². The van der Waals surface area contributed by atoms with Crippen molar-refractivity contribution in [3.8, 4) is 5.75 Å². The summed E-state index contributed by atoms with van der Waals surface area (Å²) in [4.78, 5) is 26.4. The van der Waals surface area contributed by atoms with Crippen molar-refractivity contribution in [3.63, 3.8) is 0 Å². The molecule has 186 valence electrons. The highest BCUT2D eigenvalue weighted by Crippen LogP contribution is 2.38. The first-order valence-corrected chi connectivity index (χ1v) is 13.4. The number of esters is 1. The van der Waals surface area contributed by atoms with E-state index in [-0.39, 0.29) is 18.3 Å². The summed E-state index contributed by atoms with van der Waals surface area (Å²) in [7, 11) is 3.23. The van der Waals surface area contributed by atoms with Crippen LogP contribution in [0.25, 0.3) is 0 Å². The van der Waals surface area contributed by atoms with Gasteiger partial charge in [-0.05, 0) is 62.3 Å². The lowest BCUT2D eigenvalue weighted by molar-refractivity contribution is -0.113. The number of nitrogens with zero attached hydrogens (tertiary/aromatic N) is 3. The Labute approximate surface area is 213 Å². The number of fused-ring (bicyclic) bond motifs is 1. The standard InChI is InChI=1S/C25H30N4O4S2/c1-15-9-8-11-18(16(15)2)33-13-20-27-28-25(29(20)3)34-14-21(30)26-23-22(24(31)32-4)17-10-6-5-7-12-19(17)35-23/h8-9,11H,5-7,10,12-14H2,1-4H3,(H,26,30). The van der Waals surface area contributed by atoms with Crippen LogP contribution in [-0.2, 0) is 36.0 Å². The number of carbonyl (C=O) groups excluding carboxylic acids is 2. The zero-order valence-electron chi connectivity index (χ0n) is 20.5. The van der Waals surface area contributed by atoms with Crippen LogP contribution >= 0.6 is 23.1 Å². The minimum atomic E-state index is -0.394. The molecular formula is C25H30N4O4S2. The van der Waals surface area contributed by atoms with Crippen LogP contribution in [0.4, 0.5) is 5.00 Å². The van der Waals surface area contributed by atoms with Gasteiger partial charge in [-0.15, -0.1) is 21.5 Å². The van der Waals surface area contributed by atoms with Gasteiger partial charge in [0.15, 0.2) is 11.0 Å². The summed E-state index contributed by atoms with van der Waals surface area (Å²) in [5.74, 6) is 1.04. The molecule has 4 rings (SSSR count). The van der Waals surface area contributed by atoms with Crippen molar-refractivity contribution in [2.75, 3.05) is 18.2 Å². The zero-order chi connectivity index (χ0) is 24.9. The second-order valence-corrected chi connectivity index (χ2v) is 10.6. The fourth-order valence-corrected chi connectivity index (χ4v) is 6.08. The van der Waals surface area contributed by atoms with E-state index >= 15 is 0 Å². The van der Waals surface area contributed by atoms with E-state index in [1.807, 2.05) is 43.7 Å². The van der Waals surface area contributed by atoms with Crippen molar-refractivity contribution in [2.24, 2.45) is 7.05 Å². The highest BCUT2D eigenvalue weighted by molar-refractivity contribution is 7.99. The summed E-state index contributed by atoms with van der Waals surface area (Å²) in [5.41, 5.74) is 3.81. The van der Waals surface area contributed by atoms with Crippen LogP contribution < -0.4 is 10.1 Å². The van der Waals surface area contributed by atoms with E-state index in [4.69, 9.17) is 9.47 Å². The van der Waals surface area contributed by atoms with Gasteiger partial charge in [0.05, 0.1) is 18.4 Å². The smallest absolute Gasteiger partial charge is 0.341 e. The van der Waals surface area contributed by atoms with Crippen LogP contribution in [0.2, 0.25) is 0 Å². The zero-order valence-corrected chi connectivity index (χ0v) is 22.1. The SMILES string of the molecule is COC(=O)c1c(NC(=O)CSc2nnc(COc3cccc(C)c3C)n2C)sc2c1CCCCC2. The molecule has 10 heteroatoms. The quantitative estimate of drug-likeness (QED) is 0.261. The third-order valence-electron chi connectivity index (χ3n) is 6.23. The number of nitrogens with one attached hydrogen (secondary N) is 1. The first kappa shape index (κ1) is 25.2. The number of hydrogen-bond donors (Lipinski definition) is 1. The predicted octanol–water partition coefficient (Wildman–Crippen LogP) is 4.86. The van der Waals surface area contributed by atoms with Gasteiger partial charge in [-0.25, -0.2) is 4.79 Å². The minimum Gasteiger partial charge on any atom is -0.485 e. The van der Waals surface area contributed by atoms with Gasteiger partial charge in [-0.3, -0.25) is 4.79 Å². The molecule has 0 unspecified atom stereocenters. The molecule has 0 spiro atoms.